The van der Waals surface area contributed by atoms with Gasteiger partial charge in [-0.15, -0.1) is 0 Å². The van der Waals surface area contributed by atoms with Crippen molar-refractivity contribution in [1.29, 1.82) is 0 Å². The van der Waals surface area contributed by atoms with Crippen molar-refractivity contribution in [2.24, 2.45) is 14.1 Å². The van der Waals surface area contributed by atoms with Gasteiger partial charge in [-0.25, -0.2) is 9.67 Å². The lowest BCUT2D eigenvalue weighted by atomic mass is 10.2. The summed E-state index contributed by atoms with van der Waals surface area (Å²) in [7, 11) is 5.96. The standard InChI is InChI=1S/C23H30N8O/c1-8-22-25-10-18-9-24-20(13-31(18)22)19-11-26-30(7)23(19)32-15(2)12-28(5)14-21-16(3)17(4)27-29(21)6/h8-11,13,15H,1,12,14H2,2-7H3/t15-/m0/s1. The van der Waals surface area contributed by atoms with Gasteiger partial charge in [0.15, 0.2) is 0 Å². The normalized spacial score (nSPS) is 12.6. The van der Waals surface area contributed by atoms with Gasteiger partial charge in [-0.1, -0.05) is 6.58 Å². The van der Waals surface area contributed by atoms with Crippen LogP contribution in [-0.2, 0) is 20.6 Å². The minimum absolute atomic E-state index is 0.0514. The fraction of sp³-hybridized carbons (Fsp3) is 0.391. The van der Waals surface area contributed by atoms with Gasteiger partial charge in [0.05, 0.1) is 46.8 Å². The summed E-state index contributed by atoms with van der Waals surface area (Å²) in [5.74, 6) is 1.45. The molecule has 4 heterocycles. The van der Waals surface area contributed by atoms with E-state index < -0.39 is 0 Å². The van der Waals surface area contributed by atoms with E-state index in [1.165, 1.54) is 11.3 Å². The summed E-state index contributed by atoms with van der Waals surface area (Å²) in [5, 5.41) is 8.93. The summed E-state index contributed by atoms with van der Waals surface area (Å²) < 4.78 is 12.0. The zero-order valence-corrected chi connectivity index (χ0v) is 19.6. The van der Waals surface area contributed by atoms with Crippen molar-refractivity contribution >= 4 is 11.6 Å². The van der Waals surface area contributed by atoms with Crippen molar-refractivity contribution in [2.45, 2.75) is 33.4 Å². The van der Waals surface area contributed by atoms with Gasteiger partial charge >= 0.3 is 0 Å². The maximum atomic E-state index is 6.35. The Balaban J connectivity index is 1.51. The lowest BCUT2D eigenvalue weighted by Gasteiger charge is -2.23. The molecule has 0 N–H and O–H groups in total. The monoisotopic (exact) mass is 434 g/mol. The highest BCUT2D eigenvalue weighted by Crippen LogP contribution is 2.29. The van der Waals surface area contributed by atoms with Crippen molar-refractivity contribution in [1.82, 2.24) is 38.8 Å². The Morgan fingerprint density at radius 3 is 2.59 bits per heavy atom. The number of imidazole rings is 1. The average Bonchev–Trinajstić information content (AvgIpc) is 3.40. The number of fused-ring (bicyclic) bond motifs is 1. The Morgan fingerprint density at radius 2 is 1.91 bits per heavy atom. The van der Waals surface area contributed by atoms with E-state index in [-0.39, 0.29) is 6.10 Å². The summed E-state index contributed by atoms with van der Waals surface area (Å²) in [6.45, 7) is 11.6. The molecule has 0 radical (unpaired) electrons. The Bertz CT molecular complexity index is 1260. The Morgan fingerprint density at radius 1 is 1.16 bits per heavy atom. The number of nitrogens with zero attached hydrogens (tertiary/aromatic N) is 8. The van der Waals surface area contributed by atoms with E-state index in [4.69, 9.17) is 4.74 Å². The molecule has 4 rings (SSSR count). The van der Waals surface area contributed by atoms with Crippen molar-refractivity contribution in [2.75, 3.05) is 13.6 Å². The molecular weight excluding hydrogens is 404 g/mol. The van der Waals surface area contributed by atoms with E-state index in [0.717, 1.165) is 41.4 Å². The van der Waals surface area contributed by atoms with Crippen LogP contribution in [-0.4, -0.2) is 58.5 Å². The van der Waals surface area contributed by atoms with Crippen LogP contribution in [0.25, 0.3) is 22.9 Å². The summed E-state index contributed by atoms with van der Waals surface area (Å²) in [5.41, 5.74) is 6.04. The number of likely N-dealkylation sites (N-methyl/N-ethyl adjacent to an activating group) is 1. The van der Waals surface area contributed by atoms with Crippen LogP contribution in [0, 0.1) is 13.8 Å². The SMILES string of the molecule is C=Cc1ncc2cnc(-c3cnn(C)c3O[C@@H](C)CN(C)Cc3c(C)c(C)nn3C)cn12. The Kier molecular flexibility index (Phi) is 5.84. The van der Waals surface area contributed by atoms with Crippen molar-refractivity contribution in [3.63, 3.8) is 0 Å². The van der Waals surface area contributed by atoms with E-state index >= 15 is 0 Å². The number of aryl methyl sites for hydroxylation is 3. The van der Waals surface area contributed by atoms with Gasteiger partial charge in [0.1, 0.15) is 11.9 Å². The van der Waals surface area contributed by atoms with E-state index in [1.807, 2.05) is 36.3 Å². The van der Waals surface area contributed by atoms with Crippen molar-refractivity contribution in [3.8, 4) is 17.1 Å². The number of ether oxygens (including phenoxy) is 1. The third-order valence-electron chi connectivity index (χ3n) is 5.75. The molecule has 0 spiro atoms. The molecule has 0 aromatic carbocycles. The molecule has 0 aliphatic carbocycles. The molecule has 0 aliphatic heterocycles. The van der Waals surface area contributed by atoms with Crippen LogP contribution in [0.4, 0.5) is 0 Å². The molecule has 9 heteroatoms. The van der Waals surface area contributed by atoms with Crippen LogP contribution in [0.5, 0.6) is 5.88 Å². The van der Waals surface area contributed by atoms with Crippen LogP contribution in [0.2, 0.25) is 0 Å². The molecule has 0 saturated carbocycles. The largest absolute Gasteiger partial charge is 0.473 e. The molecule has 0 aliphatic rings. The minimum Gasteiger partial charge on any atom is -0.473 e. The van der Waals surface area contributed by atoms with Crippen LogP contribution in [0.1, 0.15) is 29.7 Å². The lowest BCUT2D eigenvalue weighted by Crippen LogP contribution is -2.32. The Labute approximate surface area is 188 Å². The summed E-state index contributed by atoms with van der Waals surface area (Å²) in [6, 6.07) is 0. The first-order valence-electron chi connectivity index (χ1n) is 10.6. The molecule has 0 fully saturated rings. The third-order valence-corrected chi connectivity index (χ3v) is 5.75. The fourth-order valence-electron chi connectivity index (χ4n) is 3.97. The lowest BCUT2D eigenvalue weighted by molar-refractivity contribution is 0.147. The summed E-state index contributed by atoms with van der Waals surface area (Å²) in [4.78, 5) is 11.2. The average molecular weight is 435 g/mol. The van der Waals surface area contributed by atoms with Gasteiger partial charge in [0.2, 0.25) is 5.88 Å². The molecule has 32 heavy (non-hydrogen) atoms. The zero-order valence-electron chi connectivity index (χ0n) is 19.6. The number of aromatic nitrogens is 7. The molecule has 9 nitrogen and oxygen atoms in total. The van der Waals surface area contributed by atoms with Gasteiger partial charge in [0, 0.05) is 33.4 Å². The van der Waals surface area contributed by atoms with Gasteiger partial charge < -0.3 is 4.74 Å². The maximum absolute atomic E-state index is 6.35. The number of hydrogen-bond acceptors (Lipinski definition) is 6. The van der Waals surface area contributed by atoms with E-state index in [0.29, 0.717) is 5.88 Å². The van der Waals surface area contributed by atoms with Crippen molar-refractivity contribution < 1.29 is 4.74 Å². The molecule has 0 saturated heterocycles. The fourth-order valence-corrected chi connectivity index (χ4v) is 3.97. The number of rotatable bonds is 8. The van der Waals surface area contributed by atoms with E-state index in [2.05, 4.69) is 52.5 Å². The van der Waals surface area contributed by atoms with Crippen LogP contribution < -0.4 is 4.74 Å². The van der Waals surface area contributed by atoms with Gasteiger partial charge in [-0.2, -0.15) is 10.2 Å². The highest BCUT2D eigenvalue weighted by molar-refractivity contribution is 5.66. The van der Waals surface area contributed by atoms with Gasteiger partial charge in [0.25, 0.3) is 0 Å². The molecular formula is C23H30N8O. The third kappa shape index (κ3) is 4.03. The quantitative estimate of drug-likeness (QED) is 0.424. The van der Waals surface area contributed by atoms with Gasteiger partial charge in [-0.3, -0.25) is 19.0 Å². The maximum Gasteiger partial charge on any atom is 0.221 e. The second-order valence-electron chi connectivity index (χ2n) is 8.28. The second-order valence-corrected chi connectivity index (χ2v) is 8.28. The van der Waals surface area contributed by atoms with Gasteiger partial charge in [-0.05, 0) is 39.5 Å². The Hall–Kier alpha value is -3.46. The van der Waals surface area contributed by atoms with Crippen molar-refractivity contribution in [3.05, 3.63) is 54.1 Å². The molecule has 168 valence electrons. The molecule has 0 bridgehead atoms. The molecule has 4 aromatic heterocycles. The topological polar surface area (TPSA) is 78.3 Å². The molecule has 4 aromatic rings. The van der Waals surface area contributed by atoms with Crippen LogP contribution in [0.15, 0.2) is 31.4 Å². The van der Waals surface area contributed by atoms with E-state index in [9.17, 15) is 0 Å². The smallest absolute Gasteiger partial charge is 0.221 e. The summed E-state index contributed by atoms with van der Waals surface area (Å²) in [6.07, 6.45) is 8.96. The molecule has 0 amide bonds. The summed E-state index contributed by atoms with van der Waals surface area (Å²) >= 11 is 0. The first-order chi connectivity index (χ1) is 15.3. The minimum atomic E-state index is -0.0514. The first kappa shape index (κ1) is 21.8. The van der Waals surface area contributed by atoms with Crippen LogP contribution in [0.3, 0.4) is 0 Å². The predicted molar refractivity (Wildman–Crippen MR) is 124 cm³/mol. The second kappa shape index (κ2) is 8.58. The first-order valence-corrected chi connectivity index (χ1v) is 10.6. The highest BCUT2D eigenvalue weighted by atomic mass is 16.5. The van der Waals surface area contributed by atoms with E-state index in [1.54, 1.807) is 29.3 Å². The number of hydrogen-bond donors (Lipinski definition) is 0. The molecule has 1 atom stereocenters. The zero-order chi connectivity index (χ0) is 23.0. The molecule has 0 unspecified atom stereocenters. The predicted octanol–water partition coefficient (Wildman–Crippen LogP) is 3.02. The highest BCUT2D eigenvalue weighted by Gasteiger charge is 2.19. The van der Waals surface area contributed by atoms with Crippen LogP contribution >= 0.6 is 0 Å².